The van der Waals surface area contributed by atoms with Gasteiger partial charge >= 0.3 is 0 Å². The van der Waals surface area contributed by atoms with Gasteiger partial charge in [0.2, 0.25) is 0 Å². The molecule has 14 aromatic rings. The van der Waals surface area contributed by atoms with Crippen molar-refractivity contribution in [2.24, 2.45) is 0 Å². The van der Waals surface area contributed by atoms with Gasteiger partial charge in [0.1, 0.15) is 22.3 Å². The molecule has 0 saturated carbocycles. The highest BCUT2D eigenvalue weighted by molar-refractivity contribution is 6.17. The van der Waals surface area contributed by atoms with Gasteiger partial charge in [-0.2, -0.15) is 0 Å². The number of hydrogen-bond acceptors (Lipinski definition) is 5. The van der Waals surface area contributed by atoms with Gasteiger partial charge in [0.25, 0.3) is 0 Å². The summed E-state index contributed by atoms with van der Waals surface area (Å²) in [5, 5.41) is 6.55. The first-order chi connectivity index (χ1) is 34.2. The Labute approximate surface area is 396 Å². The van der Waals surface area contributed by atoms with Crippen molar-refractivity contribution in [3.63, 3.8) is 0 Å². The number of nitrogens with zero attached hydrogens (tertiary/aromatic N) is 4. The Balaban J connectivity index is 0.921. The summed E-state index contributed by atoms with van der Waals surface area (Å²) in [6, 6.07) is 80.4. The van der Waals surface area contributed by atoms with Gasteiger partial charge in [0.05, 0.1) is 22.1 Å². The van der Waals surface area contributed by atoms with Crippen molar-refractivity contribution in [2.75, 3.05) is 0 Å². The molecule has 0 aliphatic carbocycles. The summed E-state index contributed by atoms with van der Waals surface area (Å²) >= 11 is 0. The van der Waals surface area contributed by atoms with E-state index in [1.165, 1.54) is 21.9 Å². The molecule has 0 fully saturated rings. The van der Waals surface area contributed by atoms with Crippen molar-refractivity contribution in [1.29, 1.82) is 0 Å². The van der Waals surface area contributed by atoms with Crippen LogP contribution in [0, 0.1) is 0 Å². The molecule has 0 atom stereocenters. The summed E-state index contributed by atoms with van der Waals surface area (Å²) in [4.78, 5) is 15.1. The summed E-state index contributed by atoms with van der Waals surface area (Å²) in [6.45, 7) is 0. The van der Waals surface area contributed by atoms with E-state index in [1.807, 2.05) is 42.5 Å². The lowest BCUT2D eigenvalue weighted by Crippen LogP contribution is -2.00. The van der Waals surface area contributed by atoms with E-state index >= 15 is 0 Å². The molecule has 4 aromatic heterocycles. The molecule has 0 N–H and O–H groups in total. The van der Waals surface area contributed by atoms with Crippen LogP contribution < -0.4 is 0 Å². The van der Waals surface area contributed by atoms with Crippen molar-refractivity contribution in [3.05, 3.63) is 231 Å². The molecule has 0 aliphatic rings. The van der Waals surface area contributed by atoms with Gasteiger partial charge in [0.15, 0.2) is 17.5 Å². The van der Waals surface area contributed by atoms with Crippen LogP contribution in [0.1, 0.15) is 0 Å². The minimum Gasteiger partial charge on any atom is -0.456 e. The lowest BCUT2D eigenvalue weighted by Gasteiger charge is -2.16. The molecule has 0 spiro atoms. The predicted octanol–water partition coefficient (Wildman–Crippen LogP) is 16.8. The number of aromatic nitrogens is 4. The number of furan rings is 2. The molecule has 6 heteroatoms. The first-order valence-electron chi connectivity index (χ1n) is 23.2. The highest BCUT2D eigenvalue weighted by atomic mass is 16.3. The van der Waals surface area contributed by atoms with E-state index in [4.69, 9.17) is 23.8 Å². The minimum absolute atomic E-state index is 0.571. The Bertz CT molecular complexity index is 4290. The van der Waals surface area contributed by atoms with E-state index in [-0.39, 0.29) is 0 Å². The smallest absolute Gasteiger partial charge is 0.164 e. The predicted molar refractivity (Wildman–Crippen MR) is 281 cm³/mol. The highest BCUT2D eigenvalue weighted by Crippen LogP contribution is 2.45. The molecule has 322 valence electrons. The molecule has 10 aromatic carbocycles. The van der Waals surface area contributed by atoms with Crippen molar-refractivity contribution >= 4 is 65.7 Å². The lowest BCUT2D eigenvalue weighted by atomic mass is 9.98. The van der Waals surface area contributed by atoms with Crippen LogP contribution in [0.4, 0.5) is 0 Å². The summed E-state index contributed by atoms with van der Waals surface area (Å²) in [6.07, 6.45) is 0. The second kappa shape index (κ2) is 15.6. The van der Waals surface area contributed by atoms with Crippen molar-refractivity contribution < 1.29 is 8.83 Å². The second-order valence-corrected chi connectivity index (χ2v) is 17.5. The third-order valence-electron chi connectivity index (χ3n) is 13.5. The average Bonchev–Trinajstić information content (AvgIpc) is 4.10. The van der Waals surface area contributed by atoms with Gasteiger partial charge < -0.3 is 13.4 Å². The molecule has 6 nitrogen and oxygen atoms in total. The largest absolute Gasteiger partial charge is 0.456 e. The first-order valence-corrected chi connectivity index (χ1v) is 23.2. The van der Waals surface area contributed by atoms with E-state index in [0.29, 0.717) is 17.5 Å². The quantitative estimate of drug-likeness (QED) is 0.159. The summed E-state index contributed by atoms with van der Waals surface area (Å²) in [7, 11) is 0. The third kappa shape index (κ3) is 6.45. The van der Waals surface area contributed by atoms with Crippen LogP contribution in [-0.4, -0.2) is 19.5 Å². The molecular formula is C63H38N4O2. The van der Waals surface area contributed by atoms with Crippen LogP contribution in [0.2, 0.25) is 0 Å². The van der Waals surface area contributed by atoms with Crippen LogP contribution in [0.5, 0.6) is 0 Å². The van der Waals surface area contributed by atoms with Gasteiger partial charge in [-0.25, -0.2) is 15.0 Å². The molecule has 0 aliphatic heterocycles. The van der Waals surface area contributed by atoms with Gasteiger partial charge in [-0.3, -0.25) is 0 Å². The number of benzene rings is 10. The standard InChI is InChI=1S/C63H38N4O2/c1-4-14-39(15-5-1)41-24-26-43(27-25-41)62-64-61(42-18-8-3-9-19-42)65-63(66-62)46-29-32-50-49-31-28-45(37-57(49)69-58(50)38-46)47-33-35-56-59(51-21-11-13-23-55(51)68-56)60(47)67-53-22-12-10-20-48(53)52-36-44(30-34-54(52)67)40-16-6-2-7-17-40/h1-38H. The van der Waals surface area contributed by atoms with E-state index in [2.05, 4.69) is 193 Å². The number of para-hydroxylation sites is 2. The maximum Gasteiger partial charge on any atom is 0.164 e. The topological polar surface area (TPSA) is 69.9 Å². The molecule has 14 rings (SSSR count). The van der Waals surface area contributed by atoms with E-state index < -0.39 is 0 Å². The SMILES string of the molecule is c1ccc(-c2ccc(-c3nc(-c4ccccc4)nc(-c4ccc5c(c4)oc4cc(-c6ccc7oc8ccccc8c7c6-n6c7ccccc7c7cc(-c8ccccc8)ccc76)ccc45)n3)cc2)cc1. The zero-order valence-corrected chi connectivity index (χ0v) is 37.0. The molecule has 0 bridgehead atoms. The van der Waals surface area contributed by atoms with Gasteiger partial charge in [-0.1, -0.05) is 170 Å². The van der Waals surface area contributed by atoms with Gasteiger partial charge in [0, 0.05) is 49.2 Å². The molecule has 0 saturated heterocycles. The fourth-order valence-electron chi connectivity index (χ4n) is 10.2. The Morgan fingerprint density at radius 2 is 0.754 bits per heavy atom. The summed E-state index contributed by atoms with van der Waals surface area (Å²) < 4.78 is 15.8. The number of rotatable bonds is 7. The van der Waals surface area contributed by atoms with Crippen LogP contribution >= 0.6 is 0 Å². The number of hydrogen-bond donors (Lipinski definition) is 0. The van der Waals surface area contributed by atoms with Crippen LogP contribution in [-0.2, 0) is 0 Å². The maximum absolute atomic E-state index is 6.83. The molecule has 0 unspecified atom stereocenters. The Morgan fingerprint density at radius 3 is 1.46 bits per heavy atom. The highest BCUT2D eigenvalue weighted by Gasteiger charge is 2.23. The summed E-state index contributed by atoms with van der Waals surface area (Å²) in [5.74, 6) is 1.78. The van der Waals surface area contributed by atoms with Crippen molar-refractivity contribution in [2.45, 2.75) is 0 Å². The molecular weight excluding hydrogens is 845 g/mol. The van der Waals surface area contributed by atoms with Gasteiger partial charge in [-0.15, -0.1) is 0 Å². The minimum atomic E-state index is 0.571. The fourth-order valence-corrected chi connectivity index (χ4v) is 10.2. The monoisotopic (exact) mass is 882 g/mol. The Kier molecular flexibility index (Phi) is 8.79. The second-order valence-electron chi connectivity index (χ2n) is 17.5. The Morgan fingerprint density at radius 1 is 0.275 bits per heavy atom. The van der Waals surface area contributed by atoms with Gasteiger partial charge in [-0.05, 0) is 88.5 Å². The third-order valence-corrected chi connectivity index (χ3v) is 13.5. The molecule has 4 heterocycles. The molecule has 69 heavy (non-hydrogen) atoms. The Hall–Kier alpha value is -9.39. The van der Waals surface area contributed by atoms with Crippen molar-refractivity contribution in [1.82, 2.24) is 19.5 Å². The van der Waals surface area contributed by atoms with Crippen LogP contribution in [0.3, 0.4) is 0 Å². The zero-order valence-electron chi connectivity index (χ0n) is 37.0. The van der Waals surface area contributed by atoms with E-state index in [9.17, 15) is 0 Å². The zero-order chi connectivity index (χ0) is 45.4. The maximum atomic E-state index is 6.83. The first kappa shape index (κ1) is 38.8. The lowest BCUT2D eigenvalue weighted by molar-refractivity contribution is 0.669. The van der Waals surface area contributed by atoms with Crippen LogP contribution in [0.15, 0.2) is 239 Å². The van der Waals surface area contributed by atoms with E-state index in [1.54, 1.807) is 0 Å². The van der Waals surface area contributed by atoms with Crippen LogP contribution in [0.25, 0.3) is 139 Å². The normalized spacial score (nSPS) is 11.8. The molecule has 0 radical (unpaired) electrons. The number of fused-ring (bicyclic) bond motifs is 9. The average molecular weight is 883 g/mol. The summed E-state index contributed by atoms with van der Waals surface area (Å²) in [5.41, 5.74) is 15.9. The van der Waals surface area contributed by atoms with Crippen molar-refractivity contribution in [3.8, 4) is 73.2 Å². The van der Waals surface area contributed by atoms with E-state index in [0.717, 1.165) is 99.5 Å². The fraction of sp³-hybridized carbons (Fsp3) is 0. The molecule has 0 amide bonds.